The van der Waals surface area contributed by atoms with Gasteiger partial charge in [-0.2, -0.15) is 20.2 Å². The van der Waals surface area contributed by atoms with Crippen LogP contribution in [0.3, 0.4) is 0 Å². The Morgan fingerprint density at radius 2 is 1.24 bits per heavy atom. The van der Waals surface area contributed by atoms with Crippen molar-refractivity contribution in [2.75, 3.05) is 0 Å². The van der Waals surface area contributed by atoms with Crippen molar-refractivity contribution in [2.45, 2.75) is 66.7 Å². The van der Waals surface area contributed by atoms with Gasteiger partial charge in [0.25, 0.3) is 11.8 Å². The summed E-state index contributed by atoms with van der Waals surface area (Å²) in [6, 6.07) is 14.2. The molecule has 0 saturated carbocycles. The number of H-pyrrole nitrogens is 2. The molecule has 2 aromatic carbocycles. The standard InChI is InChI=1S/C35H40N12O3/c1-6-46-29(16-20(3)42-46)32(49)40-34-38-25-12-10-23(22(5)36)19-28(25)45(34)15-9-8-14-44-27-13-11-24(31(37)48)18-26(27)39-35(44)41-33(50)30-17-21(4)43-47(30)7-2/h10-13,16-19H,5-9,14-15,36H2,1-4H3,(H2,37,48)(H,38,40,49)(H,39,41,50). The highest BCUT2D eigenvalue weighted by molar-refractivity contribution is 5.96. The van der Waals surface area contributed by atoms with Crippen LogP contribution in [0.25, 0.3) is 27.8 Å². The first kappa shape index (κ1) is 33.6. The Labute approximate surface area is 286 Å². The van der Waals surface area contributed by atoms with Crippen LogP contribution in [-0.4, -0.2) is 56.4 Å². The van der Waals surface area contributed by atoms with Gasteiger partial charge in [0.15, 0.2) is 0 Å². The normalized spacial score (nSPS) is 12.4. The summed E-state index contributed by atoms with van der Waals surface area (Å²) in [5.41, 5.74) is 19.1. The molecule has 0 atom stereocenters. The van der Waals surface area contributed by atoms with Gasteiger partial charge in [-0.1, -0.05) is 12.6 Å². The maximum Gasteiger partial charge on any atom is 0.298 e. The van der Waals surface area contributed by atoms with Gasteiger partial charge in [-0.25, -0.2) is 0 Å². The summed E-state index contributed by atoms with van der Waals surface area (Å²) in [4.78, 5) is 54.1. The van der Waals surface area contributed by atoms with E-state index in [1.165, 1.54) is 0 Å². The Morgan fingerprint density at radius 1 is 0.720 bits per heavy atom. The predicted octanol–water partition coefficient (Wildman–Crippen LogP) is 3.29. The van der Waals surface area contributed by atoms with Crippen LogP contribution < -0.4 is 22.7 Å². The number of unbranched alkanes of at least 4 members (excludes halogenated alkanes) is 1. The van der Waals surface area contributed by atoms with E-state index in [-0.39, 0.29) is 0 Å². The van der Waals surface area contributed by atoms with Gasteiger partial charge in [0.05, 0.1) is 33.5 Å². The molecule has 0 saturated heterocycles. The van der Waals surface area contributed by atoms with Crippen molar-refractivity contribution in [1.29, 1.82) is 0 Å². The Hall–Kier alpha value is -6.25. The number of fused-ring (bicyclic) bond motifs is 2. The predicted molar refractivity (Wildman–Crippen MR) is 189 cm³/mol. The number of hydrogen-bond donors (Lipinski definition) is 4. The van der Waals surface area contributed by atoms with Crippen LogP contribution in [0.1, 0.15) is 75.0 Å². The molecule has 3 amide bonds. The summed E-state index contributed by atoms with van der Waals surface area (Å²) in [7, 11) is 0. The summed E-state index contributed by atoms with van der Waals surface area (Å²) in [6.07, 6.45) is 1.33. The van der Waals surface area contributed by atoms with Crippen LogP contribution in [0.2, 0.25) is 0 Å². The van der Waals surface area contributed by atoms with E-state index >= 15 is 0 Å². The third-order valence-electron chi connectivity index (χ3n) is 8.51. The molecule has 6 rings (SSSR count). The van der Waals surface area contributed by atoms with Gasteiger partial charge >= 0.3 is 0 Å². The van der Waals surface area contributed by atoms with Gasteiger partial charge in [0, 0.05) is 37.4 Å². The van der Waals surface area contributed by atoms with E-state index < -0.39 is 17.7 Å². The third kappa shape index (κ3) is 6.57. The molecule has 0 aliphatic carbocycles. The lowest BCUT2D eigenvalue weighted by molar-refractivity contribution is 0.0978. The Bertz CT molecular complexity index is 2440. The monoisotopic (exact) mass is 676 g/mol. The number of nitrogens with two attached hydrogens (primary N) is 2. The van der Waals surface area contributed by atoms with Gasteiger partial charge in [-0.3, -0.25) is 23.7 Å². The van der Waals surface area contributed by atoms with Crippen molar-refractivity contribution in [3.05, 3.63) is 100 Å². The number of aromatic amines is 2. The lowest BCUT2D eigenvalue weighted by Crippen LogP contribution is -2.23. The van der Waals surface area contributed by atoms with Gasteiger partial charge in [-0.05, 0) is 88.6 Å². The van der Waals surface area contributed by atoms with Crippen LogP contribution in [-0.2, 0) is 26.2 Å². The second-order valence-electron chi connectivity index (χ2n) is 12.1. The Morgan fingerprint density at radius 3 is 1.76 bits per heavy atom. The Kier molecular flexibility index (Phi) is 9.22. The van der Waals surface area contributed by atoms with Crippen molar-refractivity contribution in [1.82, 2.24) is 38.7 Å². The molecule has 6 N–H and O–H groups in total. The smallest absolute Gasteiger partial charge is 0.298 e. The van der Waals surface area contributed by atoms with E-state index in [1.54, 1.807) is 39.7 Å². The summed E-state index contributed by atoms with van der Waals surface area (Å²) in [5.74, 6) is -1.41. The average Bonchev–Trinajstić information content (AvgIpc) is 3.84. The molecule has 4 aromatic heterocycles. The maximum absolute atomic E-state index is 13.4. The molecule has 15 heteroatoms. The van der Waals surface area contributed by atoms with Crippen LogP contribution in [0.15, 0.2) is 65.1 Å². The summed E-state index contributed by atoms with van der Waals surface area (Å²) in [6.45, 7) is 13.4. The minimum Gasteiger partial charge on any atom is -0.399 e. The fourth-order valence-electron chi connectivity index (χ4n) is 6.08. The number of carbonyl (C=O) groups is 3. The number of benzene rings is 2. The number of rotatable bonds is 11. The lowest BCUT2D eigenvalue weighted by atomic mass is 10.1. The van der Waals surface area contributed by atoms with Gasteiger partial charge < -0.3 is 30.6 Å². The number of nitrogens with one attached hydrogen (secondary N) is 2. The van der Waals surface area contributed by atoms with Crippen molar-refractivity contribution < 1.29 is 14.4 Å². The van der Waals surface area contributed by atoms with E-state index in [0.717, 1.165) is 33.5 Å². The highest BCUT2D eigenvalue weighted by Gasteiger charge is 2.17. The molecular formula is C35H40N12O3. The molecule has 15 nitrogen and oxygen atoms in total. The van der Waals surface area contributed by atoms with E-state index in [0.29, 0.717) is 78.4 Å². The van der Waals surface area contributed by atoms with Crippen molar-refractivity contribution in [3.63, 3.8) is 0 Å². The molecule has 0 spiro atoms. The number of imidazole rings is 2. The molecule has 4 heterocycles. The Balaban J connectivity index is 1.34. The number of primary amides is 1. The molecule has 6 aromatic rings. The number of nitrogens with zero attached hydrogens (tertiary/aromatic N) is 8. The topological polar surface area (TPSA) is 205 Å². The summed E-state index contributed by atoms with van der Waals surface area (Å²) < 4.78 is 7.13. The zero-order chi connectivity index (χ0) is 35.7. The van der Waals surface area contributed by atoms with Gasteiger partial charge in [-0.15, -0.1) is 0 Å². The molecule has 50 heavy (non-hydrogen) atoms. The molecule has 0 bridgehead atoms. The van der Waals surface area contributed by atoms with Crippen molar-refractivity contribution in [2.24, 2.45) is 21.5 Å². The highest BCUT2D eigenvalue weighted by atomic mass is 16.2. The van der Waals surface area contributed by atoms with E-state index in [9.17, 15) is 14.4 Å². The zero-order valence-electron chi connectivity index (χ0n) is 28.5. The minimum atomic E-state index is -0.559. The molecule has 0 aliphatic heterocycles. The molecule has 0 radical (unpaired) electrons. The van der Waals surface area contributed by atoms with Crippen LogP contribution in [0.4, 0.5) is 0 Å². The molecule has 0 unspecified atom stereocenters. The van der Waals surface area contributed by atoms with Crippen LogP contribution in [0.5, 0.6) is 0 Å². The average molecular weight is 677 g/mol. The molecular weight excluding hydrogens is 636 g/mol. The lowest BCUT2D eigenvalue weighted by Gasteiger charge is -2.08. The number of aromatic nitrogens is 8. The van der Waals surface area contributed by atoms with Crippen LogP contribution >= 0.6 is 0 Å². The van der Waals surface area contributed by atoms with E-state index in [1.807, 2.05) is 55.0 Å². The van der Waals surface area contributed by atoms with Crippen molar-refractivity contribution >= 4 is 45.5 Å². The second kappa shape index (κ2) is 13.7. The largest absolute Gasteiger partial charge is 0.399 e. The fourth-order valence-corrected chi connectivity index (χ4v) is 6.08. The zero-order valence-corrected chi connectivity index (χ0v) is 28.5. The minimum absolute atomic E-state index is 0.335. The number of hydrogen-bond acceptors (Lipinski definition) is 6. The number of aryl methyl sites for hydroxylation is 6. The summed E-state index contributed by atoms with van der Waals surface area (Å²) in [5, 5.41) is 8.77. The maximum atomic E-state index is 13.4. The van der Waals surface area contributed by atoms with Crippen LogP contribution in [0, 0.1) is 13.8 Å². The first-order chi connectivity index (χ1) is 24.0. The molecule has 0 fully saturated rings. The molecule has 0 aliphatic rings. The third-order valence-corrected chi connectivity index (χ3v) is 8.51. The first-order valence-electron chi connectivity index (χ1n) is 16.4. The number of amides is 3. The SMILES string of the molecule is C=C(N)c1ccc2[nH]/c(=N\C(=O)c3cc(C)nn3CC)n(CCCCn3/c(=N/C(=O)c4cc(C)nn4CC)[nH]c4cc(C(N)=O)ccc43)c2c1. The summed E-state index contributed by atoms with van der Waals surface area (Å²) >= 11 is 0. The molecule has 258 valence electrons. The second-order valence-corrected chi connectivity index (χ2v) is 12.1. The quantitative estimate of drug-likeness (QED) is 0.151. The fraction of sp³-hybridized carbons (Fsp3) is 0.286. The van der Waals surface area contributed by atoms with E-state index in [2.05, 4.69) is 36.7 Å². The highest BCUT2D eigenvalue weighted by Crippen LogP contribution is 2.18. The van der Waals surface area contributed by atoms with Gasteiger partial charge in [0.2, 0.25) is 17.1 Å². The first-order valence-corrected chi connectivity index (χ1v) is 16.4. The number of carbonyl (C=O) groups excluding carboxylic acids is 3. The van der Waals surface area contributed by atoms with Gasteiger partial charge in [0.1, 0.15) is 11.4 Å². The van der Waals surface area contributed by atoms with E-state index in [4.69, 9.17) is 11.5 Å². The van der Waals surface area contributed by atoms with Crippen molar-refractivity contribution in [3.8, 4) is 0 Å².